The minimum absolute atomic E-state index is 0.0497. The summed E-state index contributed by atoms with van der Waals surface area (Å²) in [5.41, 5.74) is 1.85. The first kappa shape index (κ1) is 8.81. The first-order valence-electron chi connectivity index (χ1n) is 3.13. The average Bonchev–Trinajstić information content (AvgIpc) is 2.03. The molecule has 0 saturated heterocycles. The fraction of sp³-hybridized carbons (Fsp3) is 0.125. The van der Waals surface area contributed by atoms with Gasteiger partial charge in [-0.15, -0.1) is 0 Å². The van der Waals surface area contributed by atoms with Crippen LogP contribution in [0.25, 0.3) is 0 Å². The number of hydrogen-bond donors (Lipinski definition) is 0. The van der Waals surface area contributed by atoms with Crippen molar-refractivity contribution in [3.63, 3.8) is 0 Å². The molecule has 0 saturated carbocycles. The number of hydrogen-bond acceptors (Lipinski definition) is 2. The molecule has 0 aliphatic carbocycles. The zero-order valence-electron chi connectivity index (χ0n) is 6.00. The molecule has 0 aromatic heterocycles. The molecule has 0 bridgehead atoms. The summed E-state index contributed by atoms with van der Waals surface area (Å²) >= 11 is 3.04. The van der Waals surface area contributed by atoms with E-state index >= 15 is 0 Å². The zero-order chi connectivity index (χ0) is 8.27. The Bertz CT molecular complexity index is 273. The fourth-order valence-corrected chi connectivity index (χ4v) is 1.59. The lowest BCUT2D eigenvalue weighted by Crippen LogP contribution is -1.89. The summed E-state index contributed by atoms with van der Waals surface area (Å²) in [5, 5.41) is 0.0497. The third-order valence-electron chi connectivity index (χ3n) is 1.32. The topological polar surface area (TPSA) is 17.1 Å². The molecule has 1 aromatic rings. The van der Waals surface area contributed by atoms with E-state index in [9.17, 15) is 4.79 Å². The fourth-order valence-electron chi connectivity index (χ4n) is 0.817. The number of halogens is 1. The molecule has 0 aliphatic rings. The number of carbonyl (C=O) groups is 1. The highest BCUT2D eigenvalue weighted by atomic mass is 79.9. The first-order chi connectivity index (χ1) is 5.24. The van der Waals surface area contributed by atoms with Gasteiger partial charge in [0.05, 0.1) is 0 Å². The van der Waals surface area contributed by atoms with Crippen LogP contribution in [0.1, 0.15) is 15.9 Å². The standard InChI is InChI=1S/C8H7BrOS/c1-6-3-2-4-7(5-6)8(10)11-9/h2-5H,1H3. The van der Waals surface area contributed by atoms with Gasteiger partial charge in [0.1, 0.15) is 0 Å². The Morgan fingerprint density at radius 3 is 2.82 bits per heavy atom. The Hall–Kier alpha value is -0.280. The van der Waals surface area contributed by atoms with E-state index in [1.54, 1.807) is 0 Å². The quantitative estimate of drug-likeness (QED) is 0.738. The van der Waals surface area contributed by atoms with Gasteiger partial charge in [0.2, 0.25) is 5.12 Å². The molecule has 0 unspecified atom stereocenters. The zero-order valence-corrected chi connectivity index (χ0v) is 8.41. The molecule has 0 N–H and O–H groups in total. The van der Waals surface area contributed by atoms with E-state index in [1.165, 1.54) is 0 Å². The maximum atomic E-state index is 11.1. The Kier molecular flexibility index (Phi) is 3.15. The predicted octanol–water partition coefficient (Wildman–Crippen LogP) is 3.18. The Labute approximate surface area is 77.4 Å². The molecule has 0 spiro atoms. The second-order valence-electron chi connectivity index (χ2n) is 2.23. The van der Waals surface area contributed by atoms with Gasteiger partial charge in [-0.1, -0.05) is 23.8 Å². The van der Waals surface area contributed by atoms with Crippen LogP contribution in [0.4, 0.5) is 0 Å². The molecular weight excluding hydrogens is 224 g/mol. The summed E-state index contributed by atoms with van der Waals surface area (Å²) in [4.78, 5) is 11.1. The van der Waals surface area contributed by atoms with Crippen molar-refractivity contribution in [3.8, 4) is 0 Å². The Morgan fingerprint density at radius 1 is 1.55 bits per heavy atom. The van der Waals surface area contributed by atoms with Crippen LogP contribution in [-0.2, 0) is 0 Å². The smallest absolute Gasteiger partial charge is 0.230 e. The molecule has 11 heavy (non-hydrogen) atoms. The normalized spacial score (nSPS) is 9.64. The lowest BCUT2D eigenvalue weighted by Gasteiger charge is -1.96. The van der Waals surface area contributed by atoms with Gasteiger partial charge in [-0.25, -0.2) is 0 Å². The highest BCUT2D eigenvalue weighted by Crippen LogP contribution is 2.18. The SMILES string of the molecule is Cc1cccc(C(=O)SBr)c1. The molecule has 0 amide bonds. The lowest BCUT2D eigenvalue weighted by molar-refractivity contribution is 0.109. The first-order valence-corrected chi connectivity index (χ1v) is 5.79. The van der Waals surface area contributed by atoms with Crippen molar-refractivity contribution in [1.29, 1.82) is 0 Å². The largest absolute Gasteiger partial charge is 0.281 e. The molecule has 58 valence electrons. The summed E-state index contributed by atoms with van der Waals surface area (Å²) in [6.45, 7) is 1.97. The second-order valence-corrected chi connectivity index (χ2v) is 3.73. The molecule has 0 heterocycles. The molecule has 0 atom stereocenters. The number of carbonyl (C=O) groups excluding carboxylic acids is 1. The molecule has 1 rings (SSSR count). The van der Waals surface area contributed by atoms with Crippen molar-refractivity contribution < 1.29 is 4.79 Å². The summed E-state index contributed by atoms with van der Waals surface area (Å²) in [6.07, 6.45) is 0. The summed E-state index contributed by atoms with van der Waals surface area (Å²) in [5.74, 6) is 0. The van der Waals surface area contributed by atoms with Gasteiger partial charge < -0.3 is 0 Å². The minimum Gasteiger partial charge on any atom is -0.281 e. The van der Waals surface area contributed by atoms with E-state index in [0.717, 1.165) is 21.3 Å². The van der Waals surface area contributed by atoms with E-state index in [4.69, 9.17) is 0 Å². The summed E-state index contributed by atoms with van der Waals surface area (Å²) in [6, 6.07) is 7.53. The van der Waals surface area contributed by atoms with Gasteiger partial charge >= 0.3 is 0 Å². The van der Waals surface area contributed by atoms with Crippen molar-refractivity contribution in [2.75, 3.05) is 0 Å². The highest BCUT2D eigenvalue weighted by molar-refractivity contribution is 9.52. The average molecular weight is 231 g/mol. The van der Waals surface area contributed by atoms with Crippen molar-refractivity contribution >= 4 is 30.1 Å². The van der Waals surface area contributed by atoms with Crippen LogP contribution in [0.5, 0.6) is 0 Å². The minimum atomic E-state index is 0.0497. The molecular formula is C8H7BrOS. The van der Waals surface area contributed by atoms with Crippen molar-refractivity contribution in [3.05, 3.63) is 35.4 Å². The molecule has 0 fully saturated rings. The van der Waals surface area contributed by atoms with Gasteiger partial charge in [0, 0.05) is 5.56 Å². The number of rotatable bonds is 1. The van der Waals surface area contributed by atoms with Gasteiger partial charge in [0.25, 0.3) is 0 Å². The summed E-state index contributed by atoms with van der Waals surface area (Å²) < 4.78 is 0. The van der Waals surface area contributed by atoms with Crippen molar-refractivity contribution in [2.24, 2.45) is 0 Å². The van der Waals surface area contributed by atoms with Crippen LogP contribution in [0.15, 0.2) is 24.3 Å². The maximum Gasteiger partial charge on any atom is 0.230 e. The van der Waals surface area contributed by atoms with Gasteiger partial charge in [-0.05, 0) is 38.0 Å². The molecule has 1 aromatic carbocycles. The van der Waals surface area contributed by atoms with Crippen LogP contribution in [-0.4, -0.2) is 5.12 Å². The van der Waals surface area contributed by atoms with Gasteiger partial charge in [-0.2, -0.15) is 0 Å². The van der Waals surface area contributed by atoms with E-state index in [-0.39, 0.29) is 5.12 Å². The molecule has 3 heteroatoms. The van der Waals surface area contributed by atoms with Crippen LogP contribution in [0.3, 0.4) is 0 Å². The third-order valence-corrected chi connectivity index (χ3v) is 2.58. The van der Waals surface area contributed by atoms with E-state index in [1.807, 2.05) is 31.2 Å². The van der Waals surface area contributed by atoms with Crippen LogP contribution < -0.4 is 0 Å². The van der Waals surface area contributed by atoms with Crippen LogP contribution in [0, 0.1) is 6.92 Å². The van der Waals surface area contributed by atoms with E-state index in [2.05, 4.69) is 14.8 Å². The maximum absolute atomic E-state index is 11.1. The summed E-state index contributed by atoms with van der Waals surface area (Å²) in [7, 11) is 1.06. The van der Waals surface area contributed by atoms with Crippen molar-refractivity contribution in [1.82, 2.24) is 0 Å². The highest BCUT2D eigenvalue weighted by Gasteiger charge is 2.02. The lowest BCUT2D eigenvalue weighted by atomic mass is 10.2. The monoisotopic (exact) mass is 230 g/mol. The number of benzene rings is 1. The molecule has 1 nitrogen and oxygen atoms in total. The second kappa shape index (κ2) is 3.93. The third kappa shape index (κ3) is 2.34. The molecule has 0 aliphatic heterocycles. The van der Waals surface area contributed by atoms with Crippen molar-refractivity contribution in [2.45, 2.75) is 6.92 Å². The van der Waals surface area contributed by atoms with Gasteiger partial charge in [0.15, 0.2) is 0 Å². The van der Waals surface area contributed by atoms with E-state index in [0.29, 0.717) is 0 Å². The molecule has 0 radical (unpaired) electrons. The van der Waals surface area contributed by atoms with Gasteiger partial charge in [-0.3, -0.25) is 4.79 Å². The van der Waals surface area contributed by atoms with Crippen LogP contribution in [0.2, 0.25) is 0 Å². The van der Waals surface area contributed by atoms with Crippen LogP contribution >= 0.6 is 25.0 Å². The Morgan fingerprint density at radius 2 is 2.27 bits per heavy atom. The Balaban J connectivity index is 2.96. The number of aryl methyl sites for hydroxylation is 1. The van der Waals surface area contributed by atoms with E-state index < -0.39 is 0 Å². The predicted molar refractivity (Wildman–Crippen MR) is 52.0 cm³/mol.